The van der Waals surface area contributed by atoms with Gasteiger partial charge in [-0.25, -0.2) is 0 Å². The Labute approximate surface area is 165 Å². The lowest BCUT2D eigenvalue weighted by Gasteiger charge is -2.38. The Balaban J connectivity index is 1.65. The van der Waals surface area contributed by atoms with Crippen molar-refractivity contribution in [3.63, 3.8) is 0 Å². The van der Waals surface area contributed by atoms with E-state index in [0.717, 1.165) is 18.4 Å². The lowest BCUT2D eigenvalue weighted by Crippen LogP contribution is -2.45. The second-order valence-electron chi connectivity index (χ2n) is 7.32. The molecule has 4 heteroatoms. The minimum absolute atomic E-state index is 0.165. The third kappa shape index (κ3) is 3.20. The highest BCUT2D eigenvalue weighted by Gasteiger charge is 2.51. The molecule has 2 atom stereocenters. The maximum Gasteiger partial charge on any atom is 0.258 e. The Kier molecular flexibility index (Phi) is 4.97. The third-order valence-corrected chi connectivity index (χ3v) is 5.54. The first kappa shape index (κ1) is 18.4. The van der Waals surface area contributed by atoms with Crippen LogP contribution in [0.25, 0.3) is 0 Å². The van der Waals surface area contributed by atoms with Crippen molar-refractivity contribution >= 4 is 5.91 Å². The second-order valence-corrected chi connectivity index (χ2v) is 7.32. The van der Waals surface area contributed by atoms with Crippen molar-refractivity contribution in [1.29, 1.82) is 0 Å². The Morgan fingerprint density at radius 2 is 1.68 bits per heavy atom. The number of fused-ring (bicyclic) bond motifs is 1. The van der Waals surface area contributed by atoms with Crippen molar-refractivity contribution in [3.8, 4) is 0 Å². The summed E-state index contributed by atoms with van der Waals surface area (Å²) in [7, 11) is 0. The van der Waals surface area contributed by atoms with Crippen molar-refractivity contribution in [3.05, 3.63) is 101 Å². The van der Waals surface area contributed by atoms with Gasteiger partial charge in [-0.3, -0.25) is 14.7 Å². The van der Waals surface area contributed by atoms with Gasteiger partial charge in [0.15, 0.2) is 5.72 Å². The van der Waals surface area contributed by atoms with Gasteiger partial charge in [0.1, 0.15) is 5.69 Å². The summed E-state index contributed by atoms with van der Waals surface area (Å²) in [6.45, 7) is 1.96. The van der Waals surface area contributed by atoms with Gasteiger partial charge in [-0.15, -0.1) is 0 Å². The normalized spacial score (nSPS) is 19.5. The van der Waals surface area contributed by atoms with Crippen molar-refractivity contribution < 1.29 is 9.90 Å². The van der Waals surface area contributed by atoms with E-state index in [0.29, 0.717) is 17.7 Å². The molecule has 0 spiro atoms. The van der Waals surface area contributed by atoms with Gasteiger partial charge in [-0.1, -0.05) is 60.7 Å². The smallest absolute Gasteiger partial charge is 0.258 e. The van der Waals surface area contributed by atoms with Crippen molar-refractivity contribution in [2.24, 2.45) is 0 Å². The van der Waals surface area contributed by atoms with Crippen LogP contribution in [0.1, 0.15) is 53.0 Å². The molecule has 1 aromatic heterocycles. The molecular weight excluding hydrogens is 348 g/mol. The van der Waals surface area contributed by atoms with Gasteiger partial charge in [0, 0.05) is 12.6 Å². The third-order valence-electron chi connectivity index (χ3n) is 5.54. The lowest BCUT2D eigenvalue weighted by atomic mass is 9.96. The van der Waals surface area contributed by atoms with Crippen LogP contribution < -0.4 is 0 Å². The number of aliphatic hydroxyl groups is 1. The van der Waals surface area contributed by atoms with Gasteiger partial charge in [0.25, 0.3) is 5.91 Å². The molecule has 4 rings (SSSR count). The summed E-state index contributed by atoms with van der Waals surface area (Å²) in [5, 5.41) is 11.7. The average Bonchev–Trinajstić information content (AvgIpc) is 2.96. The molecule has 28 heavy (non-hydrogen) atoms. The molecule has 1 aliphatic heterocycles. The Hall–Kier alpha value is -2.98. The van der Waals surface area contributed by atoms with Crippen LogP contribution in [0.15, 0.2) is 79.0 Å². The summed E-state index contributed by atoms with van der Waals surface area (Å²) < 4.78 is 0. The highest BCUT2D eigenvalue weighted by Crippen LogP contribution is 2.44. The number of nitrogens with zero attached hydrogens (tertiary/aromatic N) is 2. The van der Waals surface area contributed by atoms with E-state index in [1.807, 2.05) is 55.5 Å². The first-order valence-electron chi connectivity index (χ1n) is 9.71. The van der Waals surface area contributed by atoms with Crippen LogP contribution in [0.2, 0.25) is 0 Å². The molecule has 0 saturated heterocycles. The molecule has 3 aromatic rings. The molecule has 4 nitrogen and oxygen atoms in total. The zero-order valence-corrected chi connectivity index (χ0v) is 16.0. The van der Waals surface area contributed by atoms with Crippen LogP contribution in [-0.4, -0.2) is 20.9 Å². The van der Waals surface area contributed by atoms with Crippen molar-refractivity contribution in [2.75, 3.05) is 0 Å². The van der Waals surface area contributed by atoms with Crippen molar-refractivity contribution in [1.82, 2.24) is 9.88 Å². The molecule has 1 amide bonds. The van der Waals surface area contributed by atoms with Crippen LogP contribution in [0, 0.1) is 0 Å². The molecule has 0 bridgehead atoms. The molecule has 0 radical (unpaired) electrons. The zero-order chi connectivity index (χ0) is 19.6. The topological polar surface area (TPSA) is 53.4 Å². The van der Waals surface area contributed by atoms with E-state index in [1.54, 1.807) is 23.2 Å². The zero-order valence-electron chi connectivity index (χ0n) is 16.0. The predicted octanol–water partition coefficient (Wildman–Crippen LogP) is 4.47. The number of amides is 1. The van der Waals surface area contributed by atoms with Crippen LogP contribution in [-0.2, 0) is 12.1 Å². The summed E-state index contributed by atoms with van der Waals surface area (Å²) in [4.78, 5) is 19.2. The highest BCUT2D eigenvalue weighted by atomic mass is 16.3. The van der Waals surface area contributed by atoms with Gasteiger partial charge in [0.05, 0.1) is 11.6 Å². The summed E-state index contributed by atoms with van der Waals surface area (Å²) in [6.07, 6.45) is 3.68. The van der Waals surface area contributed by atoms with Crippen molar-refractivity contribution in [2.45, 2.75) is 38.0 Å². The Morgan fingerprint density at radius 1 is 1.00 bits per heavy atom. The quantitative estimate of drug-likeness (QED) is 0.695. The number of hydrogen-bond donors (Lipinski definition) is 1. The molecule has 2 aromatic carbocycles. The monoisotopic (exact) mass is 372 g/mol. The number of aryl methyl sites for hydroxylation is 1. The molecular formula is C24H24N2O2. The SMILES string of the molecule is CC(c1ccccc1)N1C(=O)c2cccnc2C1(O)CCCc1ccccc1. The van der Waals surface area contributed by atoms with E-state index in [2.05, 4.69) is 17.1 Å². The van der Waals surface area contributed by atoms with E-state index >= 15 is 0 Å². The fraction of sp³-hybridized carbons (Fsp3) is 0.250. The van der Waals surface area contributed by atoms with Gasteiger partial charge < -0.3 is 5.11 Å². The largest absolute Gasteiger partial charge is 0.365 e. The Bertz CT molecular complexity index is 959. The molecule has 142 valence electrons. The number of aromatic nitrogens is 1. The fourth-order valence-electron chi connectivity index (χ4n) is 4.11. The fourth-order valence-corrected chi connectivity index (χ4v) is 4.11. The van der Waals surface area contributed by atoms with E-state index in [-0.39, 0.29) is 11.9 Å². The first-order valence-corrected chi connectivity index (χ1v) is 9.71. The molecule has 1 N–H and O–H groups in total. The molecule has 2 heterocycles. The Morgan fingerprint density at radius 3 is 2.39 bits per heavy atom. The number of carbonyl (C=O) groups excluding carboxylic acids is 1. The van der Waals surface area contributed by atoms with Gasteiger partial charge in [-0.05, 0) is 43.0 Å². The first-order chi connectivity index (χ1) is 13.6. The van der Waals surface area contributed by atoms with Crippen LogP contribution in [0.5, 0.6) is 0 Å². The number of benzene rings is 2. The van der Waals surface area contributed by atoms with E-state index < -0.39 is 5.72 Å². The molecule has 0 aliphatic carbocycles. The molecule has 1 aliphatic rings. The van der Waals surface area contributed by atoms with Gasteiger partial charge in [-0.2, -0.15) is 0 Å². The van der Waals surface area contributed by atoms with Gasteiger partial charge >= 0.3 is 0 Å². The number of hydrogen-bond acceptors (Lipinski definition) is 3. The minimum Gasteiger partial charge on any atom is -0.365 e. The summed E-state index contributed by atoms with van der Waals surface area (Å²) in [6, 6.07) is 23.3. The standard InChI is InChI=1S/C24H24N2O2/c1-18(20-13-6-3-7-14-20)26-23(27)21-15-9-17-25-22(21)24(26,28)16-8-12-19-10-4-2-5-11-19/h2-7,9-11,13-15,17-18,28H,8,12,16H2,1H3. The second kappa shape index (κ2) is 7.56. The minimum atomic E-state index is -1.41. The van der Waals surface area contributed by atoms with E-state index in [9.17, 15) is 9.90 Å². The van der Waals surface area contributed by atoms with E-state index in [4.69, 9.17) is 0 Å². The van der Waals surface area contributed by atoms with Crippen LogP contribution in [0.3, 0.4) is 0 Å². The summed E-state index contributed by atoms with van der Waals surface area (Å²) >= 11 is 0. The molecule has 0 fully saturated rings. The van der Waals surface area contributed by atoms with E-state index in [1.165, 1.54) is 5.56 Å². The number of pyridine rings is 1. The summed E-state index contributed by atoms with van der Waals surface area (Å²) in [5.41, 5.74) is 1.77. The number of rotatable bonds is 6. The molecule has 0 saturated carbocycles. The van der Waals surface area contributed by atoms with Gasteiger partial charge in [0.2, 0.25) is 0 Å². The lowest BCUT2D eigenvalue weighted by molar-refractivity contribution is -0.110. The highest BCUT2D eigenvalue weighted by molar-refractivity contribution is 5.99. The van der Waals surface area contributed by atoms with Crippen LogP contribution in [0.4, 0.5) is 0 Å². The predicted molar refractivity (Wildman–Crippen MR) is 109 cm³/mol. The maximum absolute atomic E-state index is 13.2. The molecule has 2 unspecified atom stereocenters. The number of carbonyl (C=O) groups is 1. The maximum atomic E-state index is 13.2. The average molecular weight is 372 g/mol. The summed E-state index contributed by atoms with van der Waals surface area (Å²) in [5.74, 6) is -0.165. The van der Waals surface area contributed by atoms with Crippen LogP contribution >= 0.6 is 0 Å².